The molecule has 0 spiro atoms. The van der Waals surface area contributed by atoms with Crippen molar-refractivity contribution < 1.29 is 89.4 Å². The lowest BCUT2D eigenvalue weighted by atomic mass is 9.96. The molecule has 17 atom stereocenters. The molecule has 96 heavy (non-hydrogen) atoms. The van der Waals surface area contributed by atoms with E-state index in [0.717, 1.165) is 77.0 Å². The zero-order chi connectivity index (χ0) is 69.6. The van der Waals surface area contributed by atoms with Crippen LogP contribution in [0.1, 0.15) is 290 Å². The number of rotatable bonds is 60. The molecular weight excluding hydrogens is 1230 g/mol. The van der Waals surface area contributed by atoms with Crippen LogP contribution in [0.4, 0.5) is 0 Å². The Kier molecular flexibility index (Phi) is 53.0. The van der Waals surface area contributed by atoms with Crippen molar-refractivity contribution >= 4 is 5.91 Å². The van der Waals surface area contributed by atoms with Gasteiger partial charge in [-0.3, -0.25) is 4.79 Å². The molecule has 1 amide bonds. The summed E-state index contributed by atoms with van der Waals surface area (Å²) in [6.45, 7) is 1.72. The number of hydrogen-bond donors (Lipinski definition) is 12. The molecule has 12 N–H and O–H groups in total. The molecule has 3 saturated heterocycles. The number of unbranched alkanes of at least 4 members (excludes halogenated alkanes) is 34. The fourth-order valence-electron chi connectivity index (χ4n) is 12.9. The number of ether oxygens (including phenoxy) is 6. The highest BCUT2D eigenvalue weighted by atomic mass is 16.8. The molecule has 19 nitrogen and oxygen atoms in total. The normalized spacial score (nSPS) is 27.4. The van der Waals surface area contributed by atoms with Crippen molar-refractivity contribution in [2.45, 2.75) is 394 Å². The van der Waals surface area contributed by atoms with Crippen molar-refractivity contribution in [2.24, 2.45) is 0 Å². The third-order valence-corrected chi connectivity index (χ3v) is 19.1. The summed E-state index contributed by atoms with van der Waals surface area (Å²) in [7, 11) is 0. The highest BCUT2D eigenvalue weighted by Gasteiger charge is 2.53. The van der Waals surface area contributed by atoms with Crippen LogP contribution in [0.25, 0.3) is 0 Å². The fraction of sp³-hybridized carbons (Fsp3) is 0.857. The molecule has 3 fully saturated rings. The van der Waals surface area contributed by atoms with Gasteiger partial charge in [-0.25, -0.2) is 0 Å². The molecule has 3 rings (SSSR count). The summed E-state index contributed by atoms with van der Waals surface area (Å²) in [5, 5.41) is 121. The molecule has 0 aromatic heterocycles. The van der Waals surface area contributed by atoms with Gasteiger partial charge >= 0.3 is 0 Å². The van der Waals surface area contributed by atoms with E-state index in [1.807, 2.05) is 0 Å². The SMILES string of the molecule is CC/C=C\C/C=C\C/C=C\C/C=C\C/C=C\CCCCCCCCCCCCCCCCCCCC(=O)NC(COC1OC(CO)C(OC2OC(CO)C(OC3OC(CO)C(O)C(O)C3O)C(O)C2O)C(O)C1O)C(O)CCCCCCCCCCCCCCCCCCCC. The van der Waals surface area contributed by atoms with Crippen LogP contribution in [0.2, 0.25) is 0 Å². The van der Waals surface area contributed by atoms with E-state index in [9.17, 15) is 61.0 Å². The van der Waals surface area contributed by atoms with E-state index in [1.165, 1.54) is 180 Å². The second-order valence-electron chi connectivity index (χ2n) is 27.4. The Morgan fingerprint density at radius 3 is 1.12 bits per heavy atom. The van der Waals surface area contributed by atoms with Crippen molar-refractivity contribution in [1.29, 1.82) is 0 Å². The van der Waals surface area contributed by atoms with E-state index in [2.05, 4.69) is 79.9 Å². The molecule has 3 aliphatic heterocycles. The van der Waals surface area contributed by atoms with E-state index in [4.69, 9.17) is 28.4 Å². The zero-order valence-corrected chi connectivity index (χ0v) is 59.6. The average molecular weight is 1370 g/mol. The molecule has 0 bridgehead atoms. The minimum Gasteiger partial charge on any atom is -0.394 e. The van der Waals surface area contributed by atoms with Gasteiger partial charge in [0.25, 0.3) is 0 Å². The van der Waals surface area contributed by atoms with Gasteiger partial charge in [-0.2, -0.15) is 0 Å². The lowest BCUT2D eigenvalue weighted by Gasteiger charge is -2.48. The molecule has 0 aromatic rings. The van der Waals surface area contributed by atoms with Crippen LogP contribution in [0.3, 0.4) is 0 Å². The number of hydrogen-bond acceptors (Lipinski definition) is 18. The highest BCUT2D eigenvalue weighted by molar-refractivity contribution is 5.76. The third kappa shape index (κ3) is 38.5. The van der Waals surface area contributed by atoms with Gasteiger partial charge in [-0.05, 0) is 57.8 Å². The molecule has 0 saturated carbocycles. The van der Waals surface area contributed by atoms with Crippen LogP contribution in [0.5, 0.6) is 0 Å². The maximum absolute atomic E-state index is 13.5. The van der Waals surface area contributed by atoms with Crippen LogP contribution >= 0.6 is 0 Å². The molecular formula is C77H139NO18. The monoisotopic (exact) mass is 1370 g/mol. The first-order valence-corrected chi connectivity index (χ1v) is 38.5. The van der Waals surface area contributed by atoms with E-state index < -0.39 is 124 Å². The van der Waals surface area contributed by atoms with Gasteiger partial charge < -0.3 is 89.9 Å². The Hall–Kier alpha value is -2.51. The maximum Gasteiger partial charge on any atom is 0.220 e. The molecule has 0 aromatic carbocycles. The Labute approximate surface area is 579 Å². The summed E-state index contributed by atoms with van der Waals surface area (Å²) in [4.78, 5) is 13.5. The number of aliphatic hydroxyl groups is 11. The fourth-order valence-corrected chi connectivity index (χ4v) is 12.9. The Bertz CT molecular complexity index is 1970. The van der Waals surface area contributed by atoms with E-state index in [1.54, 1.807) is 0 Å². The Morgan fingerprint density at radius 2 is 0.719 bits per heavy atom. The first kappa shape index (κ1) is 87.7. The lowest BCUT2D eigenvalue weighted by molar-refractivity contribution is -0.379. The molecule has 0 radical (unpaired) electrons. The minimum atomic E-state index is -1.97. The summed E-state index contributed by atoms with van der Waals surface area (Å²) in [5.74, 6) is -0.240. The minimum absolute atomic E-state index is 0.240. The predicted octanol–water partition coefficient (Wildman–Crippen LogP) is 11.9. The first-order chi connectivity index (χ1) is 46.8. The van der Waals surface area contributed by atoms with E-state index >= 15 is 0 Å². The standard InChI is InChI=1S/C77H139NO18/c1-3-5-7-9-11-13-15-17-19-21-23-24-25-26-27-28-29-30-31-32-33-34-35-36-37-39-41-43-45-47-49-51-53-55-65(83)78-60(61(82)54-52-50-48-46-44-42-40-38-22-20-18-16-14-12-10-8-6-4-2)59-91-75-71(89)68(86)73(63(57-80)93-75)96-77-72(90)69(87)74(64(58-81)94-77)95-76-70(88)67(85)66(84)62(56-79)92-76/h5,7,11,13,17,19,23-24,26-27,60-64,66-77,79-82,84-90H,3-4,6,8-10,12,14-16,18,20-22,25,28-59H2,1-2H3,(H,78,83)/b7-5-,13-11-,19-17-,24-23-,27-26-. The van der Waals surface area contributed by atoms with Crippen molar-refractivity contribution in [2.75, 3.05) is 26.4 Å². The summed E-state index contributed by atoms with van der Waals surface area (Å²) in [6, 6.07) is -0.889. The Morgan fingerprint density at radius 1 is 0.385 bits per heavy atom. The third-order valence-electron chi connectivity index (χ3n) is 19.1. The first-order valence-electron chi connectivity index (χ1n) is 38.5. The summed E-state index contributed by atoms with van der Waals surface area (Å²) >= 11 is 0. The second-order valence-corrected chi connectivity index (χ2v) is 27.4. The number of aliphatic hydroxyl groups excluding tert-OH is 11. The summed E-state index contributed by atoms with van der Waals surface area (Å²) in [5.41, 5.74) is 0. The van der Waals surface area contributed by atoms with Gasteiger partial charge in [0.1, 0.15) is 73.2 Å². The van der Waals surface area contributed by atoms with Gasteiger partial charge in [0, 0.05) is 6.42 Å². The summed E-state index contributed by atoms with van der Waals surface area (Å²) in [6.07, 6.45) is 45.9. The average Bonchev–Trinajstić information content (AvgIpc) is 0.787. The van der Waals surface area contributed by atoms with Crippen molar-refractivity contribution in [3.05, 3.63) is 60.8 Å². The van der Waals surface area contributed by atoms with Crippen molar-refractivity contribution in [3.63, 3.8) is 0 Å². The van der Waals surface area contributed by atoms with Crippen molar-refractivity contribution in [1.82, 2.24) is 5.32 Å². The number of amides is 1. The maximum atomic E-state index is 13.5. The summed E-state index contributed by atoms with van der Waals surface area (Å²) < 4.78 is 34.5. The molecule has 3 aliphatic rings. The highest BCUT2D eigenvalue weighted by Crippen LogP contribution is 2.33. The van der Waals surface area contributed by atoms with Gasteiger partial charge in [-0.1, -0.05) is 286 Å². The van der Waals surface area contributed by atoms with Crippen molar-refractivity contribution in [3.8, 4) is 0 Å². The van der Waals surface area contributed by atoms with Gasteiger partial charge in [0.15, 0.2) is 18.9 Å². The quantitative estimate of drug-likeness (QED) is 0.0199. The number of nitrogens with one attached hydrogen (secondary N) is 1. The smallest absolute Gasteiger partial charge is 0.220 e. The topological polar surface area (TPSA) is 307 Å². The second kappa shape index (κ2) is 58.0. The van der Waals surface area contributed by atoms with Gasteiger partial charge in [0.05, 0.1) is 38.6 Å². The number of carbonyl (C=O) groups is 1. The lowest BCUT2D eigenvalue weighted by Crippen LogP contribution is -2.66. The molecule has 17 unspecified atom stereocenters. The Balaban J connectivity index is 1.35. The van der Waals surface area contributed by atoms with Gasteiger partial charge in [0.2, 0.25) is 5.91 Å². The van der Waals surface area contributed by atoms with Crippen LogP contribution in [0.15, 0.2) is 60.8 Å². The molecule has 560 valence electrons. The van der Waals surface area contributed by atoms with Crippen LogP contribution in [-0.2, 0) is 33.2 Å². The van der Waals surface area contributed by atoms with Crippen LogP contribution < -0.4 is 5.32 Å². The zero-order valence-electron chi connectivity index (χ0n) is 59.6. The number of allylic oxidation sites excluding steroid dienone is 10. The number of carbonyl (C=O) groups excluding carboxylic acids is 1. The van der Waals surface area contributed by atoms with E-state index in [-0.39, 0.29) is 18.9 Å². The molecule has 19 heteroatoms. The molecule has 0 aliphatic carbocycles. The predicted molar refractivity (Wildman–Crippen MR) is 379 cm³/mol. The molecule has 3 heterocycles. The van der Waals surface area contributed by atoms with Crippen LogP contribution in [-0.4, -0.2) is 193 Å². The largest absolute Gasteiger partial charge is 0.394 e. The van der Waals surface area contributed by atoms with Crippen LogP contribution in [0, 0.1) is 0 Å². The van der Waals surface area contributed by atoms with E-state index in [0.29, 0.717) is 12.8 Å². The van der Waals surface area contributed by atoms with Gasteiger partial charge in [-0.15, -0.1) is 0 Å².